The Balaban J connectivity index is 2.61. The molecule has 3 N–H and O–H groups in total. The van der Waals surface area contributed by atoms with E-state index < -0.39 is 0 Å². The van der Waals surface area contributed by atoms with Crippen LogP contribution in [0, 0.1) is 0 Å². The summed E-state index contributed by atoms with van der Waals surface area (Å²) < 4.78 is 0. The lowest BCUT2D eigenvalue weighted by Crippen LogP contribution is -2.44. The number of aromatic nitrogens is 2. The van der Waals surface area contributed by atoms with Crippen LogP contribution in [-0.4, -0.2) is 61.2 Å². The Morgan fingerprint density at radius 2 is 1.95 bits per heavy atom. The van der Waals surface area contributed by atoms with E-state index in [2.05, 4.69) is 20.2 Å². The molecule has 108 valence electrons. The van der Waals surface area contributed by atoms with Crippen molar-refractivity contribution in [3.05, 3.63) is 12.4 Å². The van der Waals surface area contributed by atoms with Crippen LogP contribution < -0.4 is 16.0 Å². The van der Waals surface area contributed by atoms with Gasteiger partial charge in [0.2, 0.25) is 0 Å². The predicted octanol–water partition coefficient (Wildman–Crippen LogP) is 0.624. The van der Waals surface area contributed by atoms with Crippen molar-refractivity contribution in [2.45, 2.75) is 19.4 Å². The topological polar surface area (TPSA) is 70.3 Å². The quantitative estimate of drug-likeness (QED) is 0.754. The number of hydrogen-bond donors (Lipinski definition) is 2. The third-order valence-corrected chi connectivity index (χ3v) is 2.55. The van der Waals surface area contributed by atoms with E-state index in [1.165, 1.54) is 0 Å². The Morgan fingerprint density at radius 1 is 1.26 bits per heavy atom. The lowest BCUT2D eigenvalue weighted by molar-refractivity contribution is 0.425. The summed E-state index contributed by atoms with van der Waals surface area (Å²) in [6.45, 7) is 6.56. The number of rotatable bonds is 7. The lowest BCUT2D eigenvalue weighted by Gasteiger charge is -2.27. The molecule has 0 unspecified atom stereocenters. The molecular weight excluding hydrogens is 240 g/mol. The first kappa shape index (κ1) is 15.7. The fourth-order valence-electron chi connectivity index (χ4n) is 1.75. The summed E-state index contributed by atoms with van der Waals surface area (Å²) in [7, 11) is 6.08. The van der Waals surface area contributed by atoms with Gasteiger partial charge in [0.15, 0.2) is 0 Å². The minimum atomic E-state index is -0.252. The molecule has 1 aromatic heterocycles. The standard InChI is InChI=1S/C13H26N6/c1-13(2,14)9-19(5)12-8-11(16-10-17-12)15-6-7-18(3)4/h8,10H,6-7,9,14H2,1-5H3,(H,15,16,17). The van der Waals surface area contributed by atoms with Gasteiger partial charge in [0, 0.05) is 38.3 Å². The van der Waals surface area contributed by atoms with E-state index in [4.69, 9.17) is 5.73 Å². The zero-order chi connectivity index (χ0) is 14.5. The summed E-state index contributed by atoms with van der Waals surface area (Å²) in [5.41, 5.74) is 5.77. The van der Waals surface area contributed by atoms with Crippen LogP contribution in [0.2, 0.25) is 0 Å². The van der Waals surface area contributed by atoms with E-state index >= 15 is 0 Å². The van der Waals surface area contributed by atoms with Crippen molar-refractivity contribution in [3.63, 3.8) is 0 Å². The second kappa shape index (κ2) is 6.68. The molecule has 0 aromatic carbocycles. The lowest BCUT2D eigenvalue weighted by atomic mass is 10.1. The zero-order valence-corrected chi connectivity index (χ0v) is 12.6. The molecule has 0 aliphatic heterocycles. The highest BCUT2D eigenvalue weighted by Gasteiger charge is 2.15. The molecule has 1 aromatic rings. The summed E-state index contributed by atoms with van der Waals surface area (Å²) >= 11 is 0. The molecule has 1 heterocycles. The summed E-state index contributed by atoms with van der Waals surface area (Å²) in [5.74, 6) is 1.72. The number of nitrogens with zero attached hydrogens (tertiary/aromatic N) is 4. The molecular formula is C13H26N6. The highest BCUT2D eigenvalue weighted by Crippen LogP contribution is 2.14. The van der Waals surface area contributed by atoms with Crippen LogP contribution in [0.15, 0.2) is 12.4 Å². The van der Waals surface area contributed by atoms with Gasteiger partial charge < -0.3 is 20.9 Å². The van der Waals surface area contributed by atoms with Crippen LogP contribution in [0.3, 0.4) is 0 Å². The highest BCUT2D eigenvalue weighted by molar-refractivity contribution is 5.48. The van der Waals surface area contributed by atoms with E-state index in [0.29, 0.717) is 0 Å². The fraction of sp³-hybridized carbons (Fsp3) is 0.692. The molecule has 0 atom stereocenters. The Morgan fingerprint density at radius 3 is 2.53 bits per heavy atom. The zero-order valence-electron chi connectivity index (χ0n) is 12.6. The third-order valence-electron chi connectivity index (χ3n) is 2.55. The molecule has 19 heavy (non-hydrogen) atoms. The van der Waals surface area contributed by atoms with E-state index in [9.17, 15) is 0 Å². The van der Waals surface area contributed by atoms with Gasteiger partial charge in [0.25, 0.3) is 0 Å². The van der Waals surface area contributed by atoms with Gasteiger partial charge in [-0.15, -0.1) is 0 Å². The minimum Gasteiger partial charge on any atom is -0.369 e. The van der Waals surface area contributed by atoms with Crippen LogP contribution in [0.25, 0.3) is 0 Å². The van der Waals surface area contributed by atoms with Crippen LogP contribution in [0.4, 0.5) is 11.6 Å². The Kier molecular flexibility index (Phi) is 5.50. The molecule has 6 nitrogen and oxygen atoms in total. The average molecular weight is 266 g/mol. The molecule has 0 fully saturated rings. The molecule has 0 saturated heterocycles. The largest absolute Gasteiger partial charge is 0.369 e. The summed E-state index contributed by atoms with van der Waals surface area (Å²) in [6, 6.07) is 1.95. The van der Waals surface area contributed by atoms with Gasteiger partial charge in [0.05, 0.1) is 0 Å². The van der Waals surface area contributed by atoms with E-state index in [0.717, 1.165) is 31.3 Å². The Labute approximate surface area is 116 Å². The molecule has 0 spiro atoms. The van der Waals surface area contributed by atoms with E-state index in [-0.39, 0.29) is 5.54 Å². The molecule has 0 saturated carbocycles. The summed E-state index contributed by atoms with van der Waals surface area (Å²) in [6.07, 6.45) is 1.58. The minimum absolute atomic E-state index is 0.252. The van der Waals surface area contributed by atoms with Crippen molar-refractivity contribution in [2.75, 3.05) is 51.0 Å². The maximum Gasteiger partial charge on any atom is 0.133 e. The van der Waals surface area contributed by atoms with E-state index in [1.54, 1.807) is 6.33 Å². The predicted molar refractivity (Wildman–Crippen MR) is 80.6 cm³/mol. The average Bonchev–Trinajstić information content (AvgIpc) is 2.26. The Bertz CT molecular complexity index is 385. The smallest absolute Gasteiger partial charge is 0.133 e. The maximum absolute atomic E-state index is 6.02. The number of likely N-dealkylation sites (N-methyl/N-ethyl adjacent to an activating group) is 2. The van der Waals surface area contributed by atoms with Gasteiger partial charge in [-0.3, -0.25) is 0 Å². The first-order valence-electron chi connectivity index (χ1n) is 6.48. The van der Waals surface area contributed by atoms with Gasteiger partial charge in [-0.05, 0) is 27.9 Å². The number of anilines is 2. The van der Waals surface area contributed by atoms with Gasteiger partial charge in [0.1, 0.15) is 18.0 Å². The highest BCUT2D eigenvalue weighted by atomic mass is 15.2. The van der Waals surface area contributed by atoms with Crippen LogP contribution in [-0.2, 0) is 0 Å². The van der Waals surface area contributed by atoms with Gasteiger partial charge in [-0.1, -0.05) is 0 Å². The maximum atomic E-state index is 6.02. The normalized spacial score (nSPS) is 11.7. The van der Waals surface area contributed by atoms with Crippen LogP contribution >= 0.6 is 0 Å². The molecule has 1 rings (SSSR count). The third kappa shape index (κ3) is 6.35. The first-order valence-corrected chi connectivity index (χ1v) is 6.48. The molecule has 0 aliphatic carbocycles. The molecule has 0 amide bonds. The van der Waals surface area contributed by atoms with Crippen molar-refractivity contribution >= 4 is 11.6 Å². The van der Waals surface area contributed by atoms with Gasteiger partial charge in [-0.2, -0.15) is 0 Å². The monoisotopic (exact) mass is 266 g/mol. The second-order valence-electron chi connectivity index (χ2n) is 5.84. The van der Waals surface area contributed by atoms with Crippen molar-refractivity contribution < 1.29 is 0 Å². The summed E-state index contributed by atoms with van der Waals surface area (Å²) in [4.78, 5) is 12.7. The summed E-state index contributed by atoms with van der Waals surface area (Å²) in [5, 5.41) is 3.28. The molecule has 6 heteroatoms. The van der Waals surface area contributed by atoms with E-state index in [1.807, 2.05) is 46.0 Å². The second-order valence-corrected chi connectivity index (χ2v) is 5.84. The van der Waals surface area contributed by atoms with Crippen molar-refractivity contribution in [2.24, 2.45) is 5.73 Å². The van der Waals surface area contributed by atoms with Crippen LogP contribution in [0.5, 0.6) is 0 Å². The molecule has 0 bridgehead atoms. The van der Waals surface area contributed by atoms with Crippen LogP contribution in [0.1, 0.15) is 13.8 Å². The van der Waals surface area contributed by atoms with Crippen molar-refractivity contribution in [1.29, 1.82) is 0 Å². The number of hydrogen-bond acceptors (Lipinski definition) is 6. The SMILES string of the molecule is CN(C)CCNc1cc(N(C)CC(C)(C)N)ncn1. The number of nitrogens with two attached hydrogens (primary N) is 1. The first-order chi connectivity index (χ1) is 8.78. The van der Waals surface area contributed by atoms with Crippen molar-refractivity contribution in [3.8, 4) is 0 Å². The molecule has 0 radical (unpaired) electrons. The Hall–Kier alpha value is -1.40. The van der Waals surface area contributed by atoms with Crippen molar-refractivity contribution in [1.82, 2.24) is 14.9 Å². The van der Waals surface area contributed by atoms with Gasteiger partial charge >= 0.3 is 0 Å². The fourth-order valence-corrected chi connectivity index (χ4v) is 1.75. The molecule has 0 aliphatic rings. The van der Waals surface area contributed by atoms with Gasteiger partial charge in [-0.25, -0.2) is 9.97 Å². The number of nitrogens with one attached hydrogen (secondary N) is 1.